The number of hydrogen-bond donors (Lipinski definition) is 2. The average molecular weight is 645 g/mol. The molecule has 48 heavy (non-hydrogen) atoms. The molecular formula is C44H56N2O2. The third-order valence-corrected chi connectivity index (χ3v) is 11.4. The van der Waals surface area contributed by atoms with E-state index in [0.717, 1.165) is 40.8 Å². The van der Waals surface area contributed by atoms with Gasteiger partial charge in [-0.3, -0.25) is 0 Å². The summed E-state index contributed by atoms with van der Waals surface area (Å²) < 4.78 is 12.3. The summed E-state index contributed by atoms with van der Waals surface area (Å²) in [5, 5.41) is 0. The molecule has 0 saturated heterocycles. The smallest absolute Gasteiger partial charge is 0.129 e. The summed E-state index contributed by atoms with van der Waals surface area (Å²) in [6, 6.07) is 32.9. The molecule has 2 aliphatic rings. The van der Waals surface area contributed by atoms with Crippen LogP contribution in [0.4, 0.5) is 11.4 Å². The van der Waals surface area contributed by atoms with Gasteiger partial charge in [0.2, 0.25) is 0 Å². The molecular weight excluding hydrogens is 588 g/mol. The molecule has 6 rings (SSSR count). The maximum absolute atomic E-state index is 6.17. The van der Waals surface area contributed by atoms with Crippen LogP contribution >= 0.6 is 0 Å². The second-order valence-corrected chi connectivity index (χ2v) is 14.7. The van der Waals surface area contributed by atoms with E-state index in [1.807, 2.05) is 48.5 Å². The first kappa shape index (κ1) is 34.0. The van der Waals surface area contributed by atoms with Crippen molar-refractivity contribution in [2.24, 2.45) is 17.8 Å². The first-order valence-corrected chi connectivity index (χ1v) is 18.8. The van der Waals surface area contributed by atoms with Gasteiger partial charge in [-0.25, -0.2) is 0 Å². The summed E-state index contributed by atoms with van der Waals surface area (Å²) in [4.78, 5) is 0. The molecule has 0 spiro atoms. The number of nitrogen functional groups attached to an aromatic ring is 2. The van der Waals surface area contributed by atoms with Crippen LogP contribution in [-0.2, 0) is 5.41 Å². The van der Waals surface area contributed by atoms with Crippen molar-refractivity contribution in [3.63, 3.8) is 0 Å². The van der Waals surface area contributed by atoms with E-state index in [0.29, 0.717) is 11.4 Å². The molecule has 4 nitrogen and oxygen atoms in total. The highest BCUT2D eigenvalue weighted by Gasteiger charge is 2.41. The van der Waals surface area contributed by atoms with E-state index < -0.39 is 0 Å². The van der Waals surface area contributed by atoms with Gasteiger partial charge in [-0.15, -0.1) is 0 Å². The lowest BCUT2D eigenvalue weighted by Crippen LogP contribution is -2.35. The zero-order valence-electron chi connectivity index (χ0n) is 29.0. The Labute approximate surface area is 289 Å². The maximum atomic E-state index is 6.17. The number of rotatable bonds is 14. The van der Waals surface area contributed by atoms with Crippen LogP contribution in [-0.4, -0.2) is 0 Å². The summed E-state index contributed by atoms with van der Waals surface area (Å²) in [6.07, 6.45) is 20.6. The zero-order chi connectivity index (χ0) is 33.2. The number of anilines is 2. The Morgan fingerprint density at radius 2 is 1.02 bits per heavy atom. The van der Waals surface area contributed by atoms with Crippen molar-refractivity contribution in [2.45, 2.75) is 109 Å². The first-order chi connectivity index (χ1) is 23.5. The fraction of sp³-hybridized carbons (Fsp3) is 0.455. The molecule has 0 amide bonds. The number of benzene rings is 4. The van der Waals surface area contributed by atoms with Crippen LogP contribution in [0, 0.1) is 17.8 Å². The predicted molar refractivity (Wildman–Crippen MR) is 201 cm³/mol. The highest BCUT2D eigenvalue weighted by Crippen LogP contribution is 2.51. The molecule has 0 aromatic heterocycles. The highest BCUT2D eigenvalue weighted by atomic mass is 16.5. The molecule has 0 aliphatic heterocycles. The van der Waals surface area contributed by atoms with Gasteiger partial charge in [0.05, 0.1) is 0 Å². The molecule has 0 radical (unpaired) electrons. The summed E-state index contributed by atoms with van der Waals surface area (Å²) in [5.74, 6) is 5.88. The molecule has 0 bridgehead atoms. The SMILES string of the molecule is CCCCCCCC[C@H]1CC[C@H](C2CCC(c3ccc(Oc4cccc(N)c4)cc3)(c3ccc(Oc4cccc(N)c4)cc3)CC2)CC1. The highest BCUT2D eigenvalue weighted by molar-refractivity contribution is 5.48. The van der Waals surface area contributed by atoms with E-state index in [9.17, 15) is 0 Å². The topological polar surface area (TPSA) is 70.5 Å². The van der Waals surface area contributed by atoms with Gasteiger partial charge in [-0.1, -0.05) is 101 Å². The minimum Gasteiger partial charge on any atom is -0.457 e. The third kappa shape index (κ3) is 8.75. The Morgan fingerprint density at radius 1 is 0.542 bits per heavy atom. The Kier molecular flexibility index (Phi) is 11.6. The van der Waals surface area contributed by atoms with Crippen molar-refractivity contribution >= 4 is 11.4 Å². The lowest BCUT2D eigenvalue weighted by Gasteiger charge is -2.44. The average Bonchev–Trinajstić information content (AvgIpc) is 3.11. The molecule has 0 heterocycles. The molecule has 0 atom stereocenters. The Morgan fingerprint density at radius 3 is 1.52 bits per heavy atom. The molecule has 4 aromatic carbocycles. The van der Waals surface area contributed by atoms with Crippen molar-refractivity contribution in [3.8, 4) is 23.0 Å². The van der Waals surface area contributed by atoms with E-state index in [4.69, 9.17) is 20.9 Å². The quantitative estimate of drug-likeness (QED) is 0.106. The molecule has 4 N–H and O–H groups in total. The van der Waals surface area contributed by atoms with Crippen molar-refractivity contribution in [1.82, 2.24) is 0 Å². The van der Waals surface area contributed by atoms with Gasteiger partial charge in [-0.05, 0) is 116 Å². The summed E-state index contributed by atoms with van der Waals surface area (Å²) in [5.41, 5.74) is 16.1. The lowest BCUT2D eigenvalue weighted by atomic mass is 9.60. The lowest BCUT2D eigenvalue weighted by molar-refractivity contribution is 0.140. The van der Waals surface area contributed by atoms with Crippen LogP contribution < -0.4 is 20.9 Å². The van der Waals surface area contributed by atoms with Gasteiger partial charge >= 0.3 is 0 Å². The van der Waals surface area contributed by atoms with Crippen molar-refractivity contribution < 1.29 is 9.47 Å². The zero-order valence-corrected chi connectivity index (χ0v) is 29.0. The van der Waals surface area contributed by atoms with Crippen LogP contribution in [0.1, 0.15) is 114 Å². The van der Waals surface area contributed by atoms with Gasteiger partial charge in [0.1, 0.15) is 23.0 Å². The van der Waals surface area contributed by atoms with Crippen LogP contribution in [0.5, 0.6) is 23.0 Å². The summed E-state index contributed by atoms with van der Waals surface area (Å²) >= 11 is 0. The molecule has 4 heteroatoms. The van der Waals surface area contributed by atoms with E-state index in [1.165, 1.54) is 107 Å². The van der Waals surface area contributed by atoms with E-state index in [1.54, 1.807) is 0 Å². The fourth-order valence-electron chi connectivity index (χ4n) is 8.62. The predicted octanol–water partition coefficient (Wildman–Crippen LogP) is 12.5. The fourth-order valence-corrected chi connectivity index (χ4v) is 8.62. The summed E-state index contributed by atoms with van der Waals surface area (Å²) in [6.45, 7) is 2.30. The molecule has 254 valence electrons. The van der Waals surface area contributed by atoms with E-state index in [-0.39, 0.29) is 5.41 Å². The standard InChI is InChI=1S/C44H56N2O2/c1-2-3-4-5-6-7-10-33-15-17-34(18-16-33)35-27-29-44(30-28-35,36-19-23-40(24-20-36)47-42-13-8-11-38(45)31-42)37-21-25-41(26-22-37)48-43-14-9-12-39(46)32-43/h8-9,11-14,19-26,31-35H,2-7,10,15-18,27-30,45-46H2,1H3/t33-,34-. The number of unbranched alkanes of at least 4 members (excludes halogenated alkanes) is 5. The van der Waals surface area contributed by atoms with Crippen LogP contribution in [0.15, 0.2) is 97.1 Å². The molecule has 0 unspecified atom stereocenters. The summed E-state index contributed by atoms with van der Waals surface area (Å²) in [7, 11) is 0. The van der Waals surface area contributed by atoms with Gasteiger partial charge in [0.25, 0.3) is 0 Å². The van der Waals surface area contributed by atoms with Crippen molar-refractivity contribution in [3.05, 3.63) is 108 Å². The van der Waals surface area contributed by atoms with E-state index >= 15 is 0 Å². The van der Waals surface area contributed by atoms with Crippen LogP contribution in [0.25, 0.3) is 0 Å². The molecule has 2 aliphatic carbocycles. The number of nitrogens with two attached hydrogens (primary N) is 2. The van der Waals surface area contributed by atoms with E-state index in [2.05, 4.69) is 55.5 Å². The van der Waals surface area contributed by atoms with Gasteiger partial charge < -0.3 is 20.9 Å². The molecule has 2 saturated carbocycles. The normalized spacial score (nSPS) is 19.5. The largest absolute Gasteiger partial charge is 0.457 e. The second-order valence-electron chi connectivity index (χ2n) is 14.7. The Balaban J connectivity index is 1.13. The third-order valence-electron chi connectivity index (χ3n) is 11.4. The number of hydrogen-bond acceptors (Lipinski definition) is 4. The Bertz CT molecular complexity index is 1450. The molecule has 4 aromatic rings. The Hall–Kier alpha value is -3.92. The first-order valence-electron chi connectivity index (χ1n) is 18.8. The van der Waals surface area contributed by atoms with Crippen molar-refractivity contribution in [1.29, 1.82) is 0 Å². The maximum Gasteiger partial charge on any atom is 0.129 e. The van der Waals surface area contributed by atoms with Crippen LogP contribution in [0.3, 0.4) is 0 Å². The molecule has 2 fully saturated rings. The second kappa shape index (κ2) is 16.5. The van der Waals surface area contributed by atoms with Gasteiger partial charge in [0, 0.05) is 28.9 Å². The number of ether oxygens (including phenoxy) is 2. The minimum atomic E-state index is -0.0309. The minimum absolute atomic E-state index is 0.0309. The van der Waals surface area contributed by atoms with Gasteiger partial charge in [0.15, 0.2) is 0 Å². The van der Waals surface area contributed by atoms with Crippen LogP contribution in [0.2, 0.25) is 0 Å². The monoisotopic (exact) mass is 644 g/mol. The van der Waals surface area contributed by atoms with Crippen molar-refractivity contribution in [2.75, 3.05) is 11.5 Å². The van der Waals surface area contributed by atoms with Gasteiger partial charge in [-0.2, -0.15) is 0 Å².